The van der Waals surface area contributed by atoms with Crippen LogP contribution in [0.25, 0.3) is 5.76 Å². The van der Waals surface area contributed by atoms with Crippen LogP contribution in [0.15, 0.2) is 70.9 Å². The maximum Gasteiger partial charge on any atom is 0.300 e. The maximum absolute atomic E-state index is 13.3. The Hall–Kier alpha value is -4.00. The number of nitrogens with zero attached hydrogens (tertiary/aromatic N) is 1. The van der Waals surface area contributed by atoms with Crippen LogP contribution >= 0.6 is 0 Å². The number of furan rings is 1. The summed E-state index contributed by atoms with van der Waals surface area (Å²) in [6.07, 6.45) is 1.47. The van der Waals surface area contributed by atoms with Crippen LogP contribution in [0, 0.1) is 0 Å². The monoisotopic (exact) mass is 461 g/mol. The van der Waals surface area contributed by atoms with Crippen molar-refractivity contribution in [1.29, 1.82) is 0 Å². The van der Waals surface area contributed by atoms with Crippen molar-refractivity contribution in [1.82, 2.24) is 0 Å². The van der Waals surface area contributed by atoms with Gasteiger partial charge in [0.1, 0.15) is 29.1 Å². The lowest BCUT2D eigenvalue weighted by Gasteiger charge is -2.24. The topological polar surface area (TPSA) is 89.2 Å². The molecule has 3 aromatic rings. The summed E-state index contributed by atoms with van der Waals surface area (Å²) < 4.78 is 16.6. The second kappa shape index (κ2) is 9.47. The van der Waals surface area contributed by atoms with Crippen LogP contribution < -0.4 is 14.4 Å². The maximum atomic E-state index is 13.3. The van der Waals surface area contributed by atoms with Crippen molar-refractivity contribution in [3.05, 3.63) is 83.3 Å². The van der Waals surface area contributed by atoms with Crippen molar-refractivity contribution < 1.29 is 28.6 Å². The molecule has 1 saturated heterocycles. The second-order valence-electron chi connectivity index (χ2n) is 8.23. The normalized spacial score (nSPS) is 17.4. The first-order valence-electron chi connectivity index (χ1n) is 11.1. The van der Waals surface area contributed by atoms with Crippen molar-refractivity contribution in [3.8, 4) is 11.5 Å². The lowest BCUT2D eigenvalue weighted by atomic mass is 9.95. The predicted octanol–water partition coefficient (Wildman–Crippen LogP) is 5.44. The van der Waals surface area contributed by atoms with Crippen molar-refractivity contribution in [3.63, 3.8) is 0 Å². The van der Waals surface area contributed by atoms with Gasteiger partial charge in [-0.25, -0.2) is 0 Å². The summed E-state index contributed by atoms with van der Waals surface area (Å²) in [5.41, 5.74) is 1.72. The number of Topliss-reactive ketones (excluding diaryl/α,β-unsaturated/α-hetero) is 1. The van der Waals surface area contributed by atoms with E-state index >= 15 is 0 Å². The van der Waals surface area contributed by atoms with Gasteiger partial charge in [0.2, 0.25) is 0 Å². The summed E-state index contributed by atoms with van der Waals surface area (Å²) >= 11 is 0. The second-order valence-corrected chi connectivity index (χ2v) is 8.23. The lowest BCUT2D eigenvalue weighted by molar-refractivity contribution is -0.132. The van der Waals surface area contributed by atoms with Gasteiger partial charge in [0, 0.05) is 17.3 Å². The summed E-state index contributed by atoms with van der Waals surface area (Å²) in [7, 11) is 1.58. The highest BCUT2D eigenvalue weighted by atomic mass is 16.5. The summed E-state index contributed by atoms with van der Waals surface area (Å²) in [6.45, 7) is 6.34. The number of amides is 1. The predicted molar refractivity (Wildman–Crippen MR) is 128 cm³/mol. The molecule has 0 bridgehead atoms. The molecule has 176 valence electrons. The van der Waals surface area contributed by atoms with Crippen LogP contribution in [-0.4, -0.2) is 30.5 Å². The van der Waals surface area contributed by atoms with Gasteiger partial charge in [0.15, 0.2) is 0 Å². The van der Waals surface area contributed by atoms with E-state index in [-0.39, 0.29) is 17.3 Å². The first-order valence-corrected chi connectivity index (χ1v) is 11.1. The Balaban J connectivity index is 1.89. The zero-order valence-corrected chi connectivity index (χ0v) is 19.6. The summed E-state index contributed by atoms with van der Waals surface area (Å²) in [5.74, 6) is -0.0869. The van der Waals surface area contributed by atoms with Crippen molar-refractivity contribution >= 4 is 23.1 Å². The van der Waals surface area contributed by atoms with Gasteiger partial charge in [-0.1, -0.05) is 19.9 Å². The van der Waals surface area contributed by atoms with Gasteiger partial charge in [-0.05, 0) is 60.9 Å². The number of rotatable bonds is 7. The van der Waals surface area contributed by atoms with E-state index < -0.39 is 17.7 Å². The Morgan fingerprint density at radius 1 is 1.12 bits per heavy atom. The zero-order valence-electron chi connectivity index (χ0n) is 19.6. The Bertz CT molecular complexity index is 1240. The van der Waals surface area contributed by atoms with E-state index in [0.29, 0.717) is 35.1 Å². The fourth-order valence-electron chi connectivity index (χ4n) is 4.19. The molecule has 1 unspecified atom stereocenters. The van der Waals surface area contributed by atoms with Crippen LogP contribution in [0.3, 0.4) is 0 Å². The molecule has 1 fully saturated rings. The van der Waals surface area contributed by atoms with Crippen LogP contribution in [0.1, 0.15) is 49.6 Å². The highest BCUT2D eigenvalue weighted by Gasteiger charge is 2.48. The molecule has 0 aliphatic carbocycles. The van der Waals surface area contributed by atoms with Crippen LogP contribution in [-0.2, 0) is 9.59 Å². The molecule has 1 amide bonds. The fourth-order valence-corrected chi connectivity index (χ4v) is 4.19. The Labute approximate surface area is 198 Å². The molecule has 7 heteroatoms. The number of benzene rings is 2. The minimum absolute atomic E-state index is 0.0402. The van der Waals surface area contributed by atoms with Gasteiger partial charge in [-0.2, -0.15) is 0 Å². The summed E-state index contributed by atoms with van der Waals surface area (Å²) in [5, 5.41) is 11.3. The molecule has 0 spiro atoms. The molecule has 4 rings (SSSR count). The largest absolute Gasteiger partial charge is 0.507 e. The number of aliphatic hydroxyl groups excluding tert-OH is 1. The van der Waals surface area contributed by atoms with Gasteiger partial charge in [-0.3, -0.25) is 14.5 Å². The van der Waals surface area contributed by atoms with Crippen molar-refractivity contribution in [2.75, 3.05) is 18.6 Å². The van der Waals surface area contributed by atoms with Gasteiger partial charge in [0.05, 0.1) is 25.6 Å². The van der Waals surface area contributed by atoms with Gasteiger partial charge in [0.25, 0.3) is 11.7 Å². The highest BCUT2D eigenvalue weighted by Crippen LogP contribution is 2.43. The molecule has 0 radical (unpaired) electrons. The molecule has 1 aliphatic rings. The minimum atomic E-state index is -0.934. The number of ether oxygens (including phenoxy) is 2. The summed E-state index contributed by atoms with van der Waals surface area (Å²) in [4.78, 5) is 27.8. The molecule has 2 heterocycles. The van der Waals surface area contributed by atoms with Crippen LogP contribution in [0.5, 0.6) is 11.5 Å². The molecule has 2 aromatic carbocycles. The molecule has 34 heavy (non-hydrogen) atoms. The first kappa shape index (κ1) is 23.2. The number of ketones is 1. The third-order valence-corrected chi connectivity index (χ3v) is 5.79. The number of carbonyl (C=O) groups excluding carboxylic acids is 2. The van der Waals surface area contributed by atoms with E-state index in [4.69, 9.17) is 13.9 Å². The molecule has 1 aromatic heterocycles. The lowest BCUT2D eigenvalue weighted by Crippen LogP contribution is -2.29. The van der Waals surface area contributed by atoms with Gasteiger partial charge >= 0.3 is 0 Å². The molecular weight excluding hydrogens is 434 g/mol. The fraction of sp³-hybridized carbons (Fsp3) is 0.259. The minimum Gasteiger partial charge on any atom is -0.507 e. The van der Waals surface area contributed by atoms with E-state index in [0.717, 1.165) is 5.56 Å². The Morgan fingerprint density at radius 3 is 2.56 bits per heavy atom. The summed E-state index contributed by atoms with van der Waals surface area (Å²) in [6, 6.07) is 14.5. The quantitative estimate of drug-likeness (QED) is 0.286. The van der Waals surface area contributed by atoms with E-state index in [1.165, 1.54) is 11.2 Å². The van der Waals surface area contributed by atoms with E-state index in [9.17, 15) is 14.7 Å². The van der Waals surface area contributed by atoms with Crippen LogP contribution in [0.2, 0.25) is 0 Å². The molecule has 1 aliphatic heterocycles. The number of methoxy groups -OCH3 is 1. The third-order valence-electron chi connectivity index (χ3n) is 5.79. The number of anilines is 1. The first-order chi connectivity index (χ1) is 16.4. The van der Waals surface area contributed by atoms with Gasteiger partial charge < -0.3 is 19.0 Å². The number of aliphatic hydroxyl groups is 1. The molecule has 7 nitrogen and oxygen atoms in total. The Kier molecular flexibility index (Phi) is 6.45. The van der Waals surface area contributed by atoms with Crippen molar-refractivity contribution in [2.24, 2.45) is 0 Å². The molecule has 0 saturated carbocycles. The van der Waals surface area contributed by atoms with Crippen molar-refractivity contribution in [2.45, 2.75) is 32.7 Å². The highest BCUT2D eigenvalue weighted by molar-refractivity contribution is 6.51. The molecule has 1 atom stereocenters. The number of carbonyl (C=O) groups is 2. The van der Waals surface area contributed by atoms with Gasteiger partial charge in [-0.15, -0.1) is 0 Å². The number of hydrogen-bond acceptors (Lipinski definition) is 6. The number of hydrogen-bond donors (Lipinski definition) is 1. The SMILES string of the molecule is CCOc1cccc(N2C(=O)C(=O)/C(=C(\O)c3ccc(OC)c(C(C)C)c3)C2c2ccco2)c1. The average molecular weight is 462 g/mol. The average Bonchev–Trinajstić information content (AvgIpc) is 3.45. The molecule has 1 N–H and O–H groups in total. The molecular formula is C27H27NO6. The Morgan fingerprint density at radius 2 is 1.91 bits per heavy atom. The third kappa shape index (κ3) is 4.05. The zero-order chi connectivity index (χ0) is 24.4. The smallest absolute Gasteiger partial charge is 0.300 e. The standard InChI is InChI=1S/C27H27NO6/c1-5-33-19-9-6-8-18(15-19)28-24(22-10-7-13-34-22)23(26(30)27(28)31)25(29)17-11-12-21(32-4)20(14-17)16(2)3/h6-16,24,29H,5H2,1-4H3/b25-23-. The van der Waals surface area contributed by atoms with E-state index in [1.54, 1.807) is 61.7 Å². The van der Waals surface area contributed by atoms with E-state index in [1.807, 2.05) is 20.8 Å². The van der Waals surface area contributed by atoms with E-state index in [2.05, 4.69) is 0 Å². The van der Waals surface area contributed by atoms with Crippen LogP contribution in [0.4, 0.5) is 5.69 Å².